The van der Waals surface area contributed by atoms with Gasteiger partial charge in [0.05, 0.1) is 0 Å². The lowest BCUT2D eigenvalue weighted by molar-refractivity contribution is -0.120. The van der Waals surface area contributed by atoms with E-state index in [-0.39, 0.29) is 10.9 Å². The minimum absolute atomic E-state index is 0.0300. The fraction of sp³-hybridized carbons (Fsp3) is 0.400. The molecule has 7 heteroatoms. The Morgan fingerprint density at radius 1 is 1.53 bits per heavy atom. The first-order valence-electron chi connectivity index (χ1n) is 5.08. The maximum atomic E-state index is 11.1. The van der Waals surface area contributed by atoms with Crippen molar-refractivity contribution in [2.24, 2.45) is 5.73 Å². The third kappa shape index (κ3) is 3.63. The van der Waals surface area contributed by atoms with Gasteiger partial charge in [-0.15, -0.1) is 0 Å². The van der Waals surface area contributed by atoms with Crippen molar-refractivity contribution in [1.29, 1.82) is 0 Å². The molecule has 0 atom stereocenters. The number of carbonyl (C=O) groups is 1. The Morgan fingerprint density at radius 2 is 2.18 bits per heavy atom. The molecule has 1 rings (SSSR count). The third-order valence-corrected chi connectivity index (χ3v) is 2.42. The van der Waals surface area contributed by atoms with Crippen molar-refractivity contribution in [2.45, 2.75) is 6.42 Å². The van der Waals surface area contributed by atoms with Gasteiger partial charge in [-0.05, 0) is 0 Å². The predicted molar refractivity (Wildman–Crippen MR) is 69.9 cm³/mol. The highest BCUT2D eigenvalue weighted by atomic mass is 32.1. The molecule has 1 aromatic rings. The largest absolute Gasteiger partial charge is 0.388 e. The van der Waals surface area contributed by atoms with Crippen LogP contribution in [0.15, 0.2) is 12.4 Å². The molecule has 92 valence electrons. The molecule has 0 bridgehead atoms. The molecule has 1 amide bonds. The quantitative estimate of drug-likeness (QED) is 0.700. The average Bonchev–Trinajstić information content (AvgIpc) is 2.35. The van der Waals surface area contributed by atoms with E-state index in [2.05, 4.69) is 15.3 Å². The molecule has 0 spiro atoms. The molecule has 3 N–H and O–H groups in total. The highest BCUT2D eigenvalue weighted by molar-refractivity contribution is 7.80. The van der Waals surface area contributed by atoms with Crippen LogP contribution in [0, 0.1) is 0 Å². The van der Waals surface area contributed by atoms with E-state index >= 15 is 0 Å². The summed E-state index contributed by atoms with van der Waals surface area (Å²) < 4.78 is 0. The van der Waals surface area contributed by atoms with Gasteiger partial charge in [0, 0.05) is 39.5 Å². The summed E-state index contributed by atoms with van der Waals surface area (Å²) in [6, 6.07) is 0. The molecular weight excluding hydrogens is 238 g/mol. The lowest BCUT2D eigenvalue weighted by Gasteiger charge is -2.19. The Kier molecular flexibility index (Phi) is 4.77. The smallest absolute Gasteiger partial charge is 0.221 e. The van der Waals surface area contributed by atoms with Crippen LogP contribution in [-0.2, 0) is 4.79 Å². The van der Waals surface area contributed by atoms with Crippen molar-refractivity contribution in [1.82, 2.24) is 15.3 Å². The molecule has 0 fully saturated rings. The molecule has 0 saturated heterocycles. The molecule has 0 aromatic carbocycles. The summed E-state index contributed by atoms with van der Waals surface area (Å²) in [7, 11) is 3.42. The van der Waals surface area contributed by atoms with Crippen molar-refractivity contribution < 1.29 is 4.79 Å². The Bertz CT molecular complexity index is 423. The van der Waals surface area contributed by atoms with Crippen molar-refractivity contribution in [3.05, 3.63) is 18.1 Å². The third-order valence-electron chi connectivity index (χ3n) is 2.23. The summed E-state index contributed by atoms with van der Waals surface area (Å²) in [6.07, 6.45) is 3.47. The fourth-order valence-electron chi connectivity index (χ4n) is 1.28. The number of thiocarbonyl (C=S) groups is 1. The number of nitrogens with two attached hydrogens (primary N) is 1. The Morgan fingerprint density at radius 3 is 2.76 bits per heavy atom. The molecule has 1 aromatic heterocycles. The van der Waals surface area contributed by atoms with Gasteiger partial charge in [0.1, 0.15) is 10.7 Å². The first-order chi connectivity index (χ1) is 8.06. The summed E-state index contributed by atoms with van der Waals surface area (Å²) in [4.78, 5) is 21.4. The summed E-state index contributed by atoms with van der Waals surface area (Å²) >= 11 is 4.90. The zero-order valence-corrected chi connectivity index (χ0v) is 10.6. The molecule has 0 aliphatic carbocycles. The van der Waals surface area contributed by atoms with E-state index in [0.717, 1.165) is 0 Å². The molecule has 1 heterocycles. The van der Waals surface area contributed by atoms with Crippen LogP contribution in [0.25, 0.3) is 0 Å². The molecule has 0 unspecified atom stereocenters. The Hall–Kier alpha value is -1.76. The SMILES string of the molecule is CNC(=O)CCN(C)c1nccnc1C(N)=S. The van der Waals surface area contributed by atoms with Crippen LogP contribution in [0.4, 0.5) is 5.82 Å². The number of hydrogen-bond acceptors (Lipinski definition) is 5. The van der Waals surface area contributed by atoms with E-state index in [1.807, 2.05) is 7.05 Å². The Labute approximate surface area is 105 Å². The number of carbonyl (C=O) groups excluding carboxylic acids is 1. The zero-order valence-electron chi connectivity index (χ0n) is 9.80. The minimum atomic E-state index is -0.0300. The average molecular weight is 253 g/mol. The first-order valence-corrected chi connectivity index (χ1v) is 5.49. The minimum Gasteiger partial charge on any atom is -0.388 e. The molecule has 17 heavy (non-hydrogen) atoms. The zero-order chi connectivity index (χ0) is 12.8. The topological polar surface area (TPSA) is 84.1 Å². The van der Waals surface area contributed by atoms with Gasteiger partial charge in [-0.3, -0.25) is 4.79 Å². The highest BCUT2D eigenvalue weighted by Gasteiger charge is 2.12. The van der Waals surface area contributed by atoms with Crippen LogP contribution in [0.5, 0.6) is 0 Å². The molecule has 0 aliphatic heterocycles. The van der Waals surface area contributed by atoms with Crippen LogP contribution in [-0.4, -0.2) is 41.5 Å². The summed E-state index contributed by atoms with van der Waals surface area (Å²) in [5, 5.41) is 2.56. The van der Waals surface area contributed by atoms with Gasteiger partial charge in [-0.25, -0.2) is 9.97 Å². The number of nitrogens with zero attached hydrogens (tertiary/aromatic N) is 3. The van der Waals surface area contributed by atoms with Gasteiger partial charge < -0.3 is 16.0 Å². The second kappa shape index (κ2) is 6.09. The van der Waals surface area contributed by atoms with Crippen LogP contribution < -0.4 is 16.0 Å². The van der Waals surface area contributed by atoms with Crippen LogP contribution in [0.2, 0.25) is 0 Å². The maximum Gasteiger partial charge on any atom is 0.221 e. The maximum absolute atomic E-state index is 11.1. The number of anilines is 1. The molecule has 0 radical (unpaired) electrons. The van der Waals surface area contributed by atoms with Crippen LogP contribution in [0.3, 0.4) is 0 Å². The highest BCUT2D eigenvalue weighted by Crippen LogP contribution is 2.13. The van der Waals surface area contributed by atoms with Crippen molar-refractivity contribution in [2.75, 3.05) is 25.5 Å². The van der Waals surface area contributed by atoms with E-state index in [0.29, 0.717) is 24.5 Å². The molecular formula is C10H15N5OS. The second-order valence-corrected chi connectivity index (χ2v) is 3.88. The van der Waals surface area contributed by atoms with E-state index in [4.69, 9.17) is 18.0 Å². The molecule has 0 aliphatic rings. The van der Waals surface area contributed by atoms with E-state index in [1.165, 1.54) is 6.20 Å². The van der Waals surface area contributed by atoms with Crippen molar-refractivity contribution in [3.8, 4) is 0 Å². The second-order valence-electron chi connectivity index (χ2n) is 3.44. The lowest BCUT2D eigenvalue weighted by Crippen LogP contribution is -2.29. The normalized spacial score (nSPS) is 9.76. The van der Waals surface area contributed by atoms with E-state index in [1.54, 1.807) is 18.1 Å². The van der Waals surface area contributed by atoms with Gasteiger partial charge in [0.15, 0.2) is 5.82 Å². The van der Waals surface area contributed by atoms with Gasteiger partial charge >= 0.3 is 0 Å². The summed E-state index contributed by atoms with van der Waals surface area (Å²) in [5.74, 6) is 0.557. The first kappa shape index (κ1) is 13.3. The molecule has 0 saturated carbocycles. The van der Waals surface area contributed by atoms with Crippen molar-refractivity contribution >= 4 is 28.9 Å². The predicted octanol–water partition coefficient (Wildman–Crippen LogP) is -0.317. The monoisotopic (exact) mass is 253 g/mol. The number of nitrogens with one attached hydrogen (secondary N) is 1. The van der Waals surface area contributed by atoms with Gasteiger partial charge in [0.2, 0.25) is 5.91 Å². The van der Waals surface area contributed by atoms with Gasteiger partial charge in [-0.1, -0.05) is 12.2 Å². The van der Waals surface area contributed by atoms with Gasteiger partial charge in [0.25, 0.3) is 0 Å². The number of rotatable bonds is 5. The van der Waals surface area contributed by atoms with E-state index in [9.17, 15) is 4.79 Å². The van der Waals surface area contributed by atoms with Crippen molar-refractivity contribution in [3.63, 3.8) is 0 Å². The number of hydrogen-bond donors (Lipinski definition) is 2. The number of aromatic nitrogens is 2. The van der Waals surface area contributed by atoms with Crippen LogP contribution in [0.1, 0.15) is 12.1 Å². The molecule has 6 nitrogen and oxygen atoms in total. The fourth-order valence-corrected chi connectivity index (χ4v) is 1.43. The summed E-state index contributed by atoms with van der Waals surface area (Å²) in [5.41, 5.74) is 6.03. The van der Waals surface area contributed by atoms with E-state index < -0.39 is 0 Å². The van der Waals surface area contributed by atoms with Crippen LogP contribution >= 0.6 is 12.2 Å². The Balaban J connectivity index is 2.78. The number of amides is 1. The summed E-state index contributed by atoms with van der Waals surface area (Å²) in [6.45, 7) is 0.522. The lowest BCUT2D eigenvalue weighted by atomic mass is 10.3. The standard InChI is InChI=1S/C10H15N5OS/c1-12-7(16)3-6-15(2)10-8(9(11)17)13-4-5-14-10/h4-5H,3,6H2,1-2H3,(H2,11,17)(H,12,16). The van der Waals surface area contributed by atoms with Gasteiger partial charge in [-0.2, -0.15) is 0 Å².